The lowest BCUT2D eigenvalue weighted by Gasteiger charge is -2.29. The number of carbonyl (C=O) groups is 2. The first-order valence-electron chi connectivity index (χ1n) is 9.01. The number of hydrogen-bond donors (Lipinski definition) is 0. The number of morpholine rings is 2. The smallest absolute Gasteiger partial charge is 0.254 e. The Kier molecular flexibility index (Phi) is 4.86. The fourth-order valence-electron chi connectivity index (χ4n) is 3.57. The Hall–Kier alpha value is -2.44. The van der Waals surface area contributed by atoms with Gasteiger partial charge in [0.1, 0.15) is 0 Å². The first kappa shape index (κ1) is 17.0. The lowest BCUT2D eigenvalue weighted by atomic mass is 9.97. The molecule has 26 heavy (non-hydrogen) atoms. The number of fused-ring (bicyclic) bond motifs is 1. The zero-order valence-electron chi connectivity index (χ0n) is 14.6. The summed E-state index contributed by atoms with van der Waals surface area (Å²) >= 11 is 0. The Morgan fingerprint density at radius 3 is 1.54 bits per heavy atom. The van der Waals surface area contributed by atoms with Crippen LogP contribution in [0.3, 0.4) is 0 Å². The molecule has 6 heteroatoms. The van der Waals surface area contributed by atoms with Crippen LogP contribution in [-0.2, 0) is 9.47 Å². The summed E-state index contributed by atoms with van der Waals surface area (Å²) in [6.07, 6.45) is 0. The van der Waals surface area contributed by atoms with Crippen molar-refractivity contribution in [2.45, 2.75) is 0 Å². The molecule has 2 fully saturated rings. The number of carbonyl (C=O) groups excluding carboxylic acids is 2. The molecule has 0 aliphatic carbocycles. The molecule has 2 aliphatic heterocycles. The summed E-state index contributed by atoms with van der Waals surface area (Å²) in [5.74, 6) is -0.0812. The van der Waals surface area contributed by atoms with Gasteiger partial charge in [-0.1, -0.05) is 24.3 Å². The normalized spacial score (nSPS) is 18.2. The largest absolute Gasteiger partial charge is 0.378 e. The van der Waals surface area contributed by atoms with E-state index in [-0.39, 0.29) is 11.8 Å². The highest BCUT2D eigenvalue weighted by atomic mass is 16.5. The van der Waals surface area contributed by atoms with Crippen molar-refractivity contribution in [1.82, 2.24) is 9.80 Å². The van der Waals surface area contributed by atoms with Crippen LogP contribution >= 0.6 is 0 Å². The molecule has 2 aliphatic rings. The molecule has 0 bridgehead atoms. The van der Waals surface area contributed by atoms with E-state index in [1.807, 2.05) is 36.4 Å². The maximum atomic E-state index is 13.1. The van der Waals surface area contributed by atoms with E-state index in [0.29, 0.717) is 63.7 Å². The highest BCUT2D eigenvalue weighted by Crippen LogP contribution is 2.26. The Morgan fingerprint density at radius 2 is 1.12 bits per heavy atom. The number of rotatable bonds is 2. The van der Waals surface area contributed by atoms with E-state index >= 15 is 0 Å². The molecule has 0 spiro atoms. The predicted octanol–water partition coefficient (Wildman–Crippen LogP) is 1.78. The molecule has 2 amide bonds. The maximum absolute atomic E-state index is 13.1. The second-order valence-electron chi connectivity index (χ2n) is 6.52. The standard InChI is InChI=1S/C20H22N2O4/c23-19(21-7-11-25-12-8-21)16-5-1-3-15-4-2-6-17(18(15)16)20(24)22-9-13-26-14-10-22/h1-6H,7-14H2. The van der Waals surface area contributed by atoms with E-state index in [1.165, 1.54) is 0 Å². The predicted molar refractivity (Wildman–Crippen MR) is 97.4 cm³/mol. The minimum absolute atomic E-state index is 0.0406. The van der Waals surface area contributed by atoms with Crippen LogP contribution in [-0.4, -0.2) is 74.2 Å². The summed E-state index contributed by atoms with van der Waals surface area (Å²) in [5.41, 5.74) is 1.17. The quantitative estimate of drug-likeness (QED) is 0.825. The second-order valence-corrected chi connectivity index (χ2v) is 6.52. The minimum atomic E-state index is -0.0406. The molecular weight excluding hydrogens is 332 g/mol. The third kappa shape index (κ3) is 3.18. The molecule has 4 rings (SSSR count). The SMILES string of the molecule is O=C(c1cccc2cccc(C(=O)N3CCOCC3)c12)N1CCOCC1. The molecule has 0 unspecified atom stereocenters. The molecule has 2 aromatic carbocycles. The summed E-state index contributed by atoms with van der Waals surface area (Å²) in [6.45, 7) is 4.52. The van der Waals surface area contributed by atoms with Crippen molar-refractivity contribution in [2.75, 3.05) is 52.6 Å². The second kappa shape index (κ2) is 7.43. The van der Waals surface area contributed by atoms with Gasteiger partial charge in [0, 0.05) is 42.7 Å². The van der Waals surface area contributed by atoms with E-state index in [1.54, 1.807) is 9.80 Å². The van der Waals surface area contributed by atoms with Gasteiger partial charge >= 0.3 is 0 Å². The Morgan fingerprint density at radius 1 is 0.692 bits per heavy atom. The van der Waals surface area contributed by atoms with Gasteiger partial charge < -0.3 is 19.3 Å². The van der Waals surface area contributed by atoms with Crippen LogP contribution in [0.1, 0.15) is 20.7 Å². The van der Waals surface area contributed by atoms with Crippen LogP contribution in [0.25, 0.3) is 10.8 Å². The molecule has 6 nitrogen and oxygen atoms in total. The van der Waals surface area contributed by atoms with Crippen LogP contribution in [0.2, 0.25) is 0 Å². The highest BCUT2D eigenvalue weighted by molar-refractivity contribution is 6.15. The van der Waals surface area contributed by atoms with E-state index < -0.39 is 0 Å². The van der Waals surface area contributed by atoms with E-state index in [4.69, 9.17) is 9.47 Å². The zero-order valence-corrected chi connectivity index (χ0v) is 14.6. The molecule has 0 radical (unpaired) electrons. The highest BCUT2D eigenvalue weighted by Gasteiger charge is 2.25. The Labute approximate surface area is 152 Å². The Balaban J connectivity index is 1.76. The van der Waals surface area contributed by atoms with Crippen LogP contribution < -0.4 is 0 Å². The van der Waals surface area contributed by atoms with Crippen molar-refractivity contribution in [1.29, 1.82) is 0 Å². The Bertz CT molecular complexity index is 759. The number of ether oxygens (including phenoxy) is 2. The van der Waals surface area contributed by atoms with Gasteiger partial charge in [-0.15, -0.1) is 0 Å². The van der Waals surface area contributed by atoms with Crippen LogP contribution in [0.5, 0.6) is 0 Å². The van der Waals surface area contributed by atoms with Crippen molar-refractivity contribution in [3.8, 4) is 0 Å². The number of nitrogens with zero attached hydrogens (tertiary/aromatic N) is 2. The van der Waals surface area contributed by atoms with Crippen molar-refractivity contribution < 1.29 is 19.1 Å². The molecule has 2 saturated heterocycles. The fourth-order valence-corrected chi connectivity index (χ4v) is 3.57. The topological polar surface area (TPSA) is 59.1 Å². The number of amides is 2. The average Bonchev–Trinajstić information content (AvgIpc) is 2.73. The van der Waals surface area contributed by atoms with Crippen LogP contribution in [0.4, 0.5) is 0 Å². The van der Waals surface area contributed by atoms with Gasteiger partial charge in [0.2, 0.25) is 0 Å². The summed E-state index contributed by atoms with van der Waals surface area (Å²) in [7, 11) is 0. The summed E-state index contributed by atoms with van der Waals surface area (Å²) < 4.78 is 10.7. The molecule has 0 saturated carbocycles. The van der Waals surface area contributed by atoms with Gasteiger partial charge in [0.15, 0.2) is 0 Å². The van der Waals surface area contributed by atoms with Crippen molar-refractivity contribution in [2.24, 2.45) is 0 Å². The third-order valence-corrected chi connectivity index (χ3v) is 4.96. The van der Waals surface area contributed by atoms with Gasteiger partial charge in [-0.2, -0.15) is 0 Å². The van der Waals surface area contributed by atoms with Gasteiger partial charge in [-0.3, -0.25) is 9.59 Å². The molecule has 0 aromatic heterocycles. The minimum Gasteiger partial charge on any atom is -0.378 e. The van der Waals surface area contributed by atoms with E-state index in [0.717, 1.165) is 10.8 Å². The fraction of sp³-hybridized carbons (Fsp3) is 0.400. The molecule has 0 atom stereocenters. The van der Waals surface area contributed by atoms with Gasteiger partial charge in [0.25, 0.3) is 11.8 Å². The van der Waals surface area contributed by atoms with E-state index in [9.17, 15) is 9.59 Å². The van der Waals surface area contributed by atoms with Crippen molar-refractivity contribution in [3.63, 3.8) is 0 Å². The molecule has 2 aromatic rings. The van der Waals surface area contributed by atoms with Crippen LogP contribution in [0, 0.1) is 0 Å². The molecule has 2 heterocycles. The average molecular weight is 354 g/mol. The monoisotopic (exact) mass is 354 g/mol. The summed E-state index contributed by atoms with van der Waals surface area (Å²) in [5, 5.41) is 1.64. The lowest BCUT2D eigenvalue weighted by Crippen LogP contribution is -2.41. The molecular formula is C20H22N2O4. The lowest BCUT2D eigenvalue weighted by molar-refractivity contribution is 0.0301. The zero-order chi connectivity index (χ0) is 17.9. The van der Waals surface area contributed by atoms with Crippen molar-refractivity contribution in [3.05, 3.63) is 47.5 Å². The first-order chi connectivity index (χ1) is 12.8. The maximum Gasteiger partial charge on any atom is 0.254 e. The number of hydrogen-bond acceptors (Lipinski definition) is 4. The van der Waals surface area contributed by atoms with Gasteiger partial charge in [-0.25, -0.2) is 0 Å². The third-order valence-electron chi connectivity index (χ3n) is 4.96. The number of benzene rings is 2. The molecule has 0 N–H and O–H groups in total. The first-order valence-corrected chi connectivity index (χ1v) is 9.01. The van der Waals surface area contributed by atoms with Gasteiger partial charge in [-0.05, 0) is 17.5 Å². The molecule has 136 valence electrons. The van der Waals surface area contributed by atoms with Gasteiger partial charge in [0.05, 0.1) is 26.4 Å². The summed E-state index contributed by atoms with van der Waals surface area (Å²) in [6, 6.07) is 11.3. The van der Waals surface area contributed by atoms with E-state index in [2.05, 4.69) is 0 Å². The van der Waals surface area contributed by atoms with Crippen molar-refractivity contribution >= 4 is 22.6 Å². The van der Waals surface area contributed by atoms with Crippen LogP contribution in [0.15, 0.2) is 36.4 Å². The summed E-state index contributed by atoms with van der Waals surface area (Å²) in [4.78, 5) is 29.8.